The number of aromatic nitrogens is 1. The van der Waals surface area contributed by atoms with Crippen molar-refractivity contribution >= 4 is 33.4 Å². The van der Waals surface area contributed by atoms with E-state index in [0.717, 1.165) is 21.3 Å². The molecule has 194 valence electrons. The van der Waals surface area contributed by atoms with Crippen molar-refractivity contribution in [1.29, 1.82) is 0 Å². The van der Waals surface area contributed by atoms with E-state index in [0.29, 0.717) is 44.9 Å². The highest BCUT2D eigenvalue weighted by Crippen LogP contribution is 2.24. The topological polar surface area (TPSA) is 104 Å². The molecule has 36 heavy (non-hydrogen) atoms. The van der Waals surface area contributed by atoms with Crippen molar-refractivity contribution in [2.45, 2.75) is 59.0 Å². The van der Waals surface area contributed by atoms with Crippen molar-refractivity contribution in [3.63, 3.8) is 0 Å². The number of nitrogens with two attached hydrogens (primary N) is 1. The first-order chi connectivity index (χ1) is 17.2. The molecule has 0 radical (unpaired) electrons. The molecule has 0 saturated heterocycles. The molecule has 2 aromatic carbocycles. The number of carbonyl (C=O) groups is 2. The van der Waals surface area contributed by atoms with E-state index >= 15 is 0 Å². The number of thiazole rings is 1. The largest absolute Gasteiger partial charge is 0.478 e. The molecule has 0 spiro atoms. The Labute approximate surface area is 216 Å². The molecular weight excluding hydrogens is 478 g/mol. The normalized spacial score (nSPS) is 11.7. The summed E-state index contributed by atoms with van der Waals surface area (Å²) in [4.78, 5) is 31.2. The fourth-order valence-electron chi connectivity index (χ4n) is 3.72. The number of hydrogen-bond acceptors (Lipinski definition) is 7. The van der Waals surface area contributed by atoms with Crippen molar-refractivity contribution in [2.75, 3.05) is 19.8 Å². The number of benzene rings is 2. The Morgan fingerprint density at radius 3 is 2.42 bits per heavy atom. The molecule has 0 bridgehead atoms. The zero-order chi connectivity index (χ0) is 26.1. The van der Waals surface area contributed by atoms with Crippen molar-refractivity contribution in [3.05, 3.63) is 59.1 Å². The number of rotatable bonds is 14. The molecule has 1 aromatic heterocycles. The van der Waals surface area contributed by atoms with Gasteiger partial charge in [0.15, 0.2) is 11.9 Å². The number of aryl methyl sites for hydroxylation is 1. The summed E-state index contributed by atoms with van der Waals surface area (Å²) in [6.07, 6.45) is 0.387. The minimum Gasteiger partial charge on any atom is -0.478 e. The van der Waals surface area contributed by atoms with Crippen LogP contribution >= 0.6 is 11.3 Å². The molecule has 8 nitrogen and oxygen atoms in total. The van der Waals surface area contributed by atoms with Crippen LogP contribution in [-0.4, -0.2) is 53.3 Å². The maximum atomic E-state index is 13.4. The molecule has 3 aromatic rings. The van der Waals surface area contributed by atoms with Crippen LogP contribution in [0.5, 0.6) is 5.75 Å². The molecule has 0 aliphatic rings. The maximum Gasteiger partial charge on any atom is 0.261 e. The molecule has 2 N–H and O–H groups in total. The zero-order valence-corrected chi connectivity index (χ0v) is 22.2. The fraction of sp³-hybridized carbons (Fsp3) is 0.444. The van der Waals surface area contributed by atoms with Gasteiger partial charge in [0.1, 0.15) is 5.75 Å². The molecule has 0 fully saturated rings. The lowest BCUT2D eigenvalue weighted by molar-refractivity contribution is -0.159. The van der Waals surface area contributed by atoms with Crippen LogP contribution in [-0.2, 0) is 32.0 Å². The van der Waals surface area contributed by atoms with Crippen LogP contribution in [0.1, 0.15) is 45.2 Å². The first-order valence-corrected chi connectivity index (χ1v) is 13.0. The van der Waals surface area contributed by atoms with Crippen molar-refractivity contribution in [1.82, 2.24) is 9.88 Å². The van der Waals surface area contributed by atoms with Crippen LogP contribution < -0.4 is 10.5 Å². The molecule has 0 aliphatic carbocycles. The Hall–Kier alpha value is -3.01. The lowest BCUT2D eigenvalue weighted by Crippen LogP contribution is -2.43. The standard InChI is InChI=1S/C27H35N3O5S/c1-5-33-24(34-6-2)17-30(16-20-8-7-9-22-25(20)29-18-36-22)23(31)15-12-19-10-13-21(14-11-19)35-27(3,4)26(28)32/h7-11,13-14,18,24H,5-6,12,15-17H2,1-4H3,(H2,28,32). The summed E-state index contributed by atoms with van der Waals surface area (Å²) in [7, 11) is 0. The first-order valence-electron chi connectivity index (χ1n) is 12.1. The summed E-state index contributed by atoms with van der Waals surface area (Å²) < 4.78 is 18.2. The lowest BCUT2D eigenvalue weighted by Gasteiger charge is -2.28. The van der Waals surface area contributed by atoms with Crippen LogP contribution in [0.3, 0.4) is 0 Å². The van der Waals surface area contributed by atoms with Gasteiger partial charge in [-0.2, -0.15) is 0 Å². The monoisotopic (exact) mass is 513 g/mol. The number of fused-ring (bicyclic) bond motifs is 1. The lowest BCUT2D eigenvalue weighted by atomic mass is 10.1. The van der Waals surface area contributed by atoms with Gasteiger partial charge >= 0.3 is 0 Å². The number of nitrogens with zero attached hydrogens (tertiary/aromatic N) is 2. The Morgan fingerprint density at radius 1 is 1.08 bits per heavy atom. The van der Waals surface area contributed by atoms with Crippen LogP contribution in [0.2, 0.25) is 0 Å². The second kappa shape index (κ2) is 12.8. The van der Waals surface area contributed by atoms with Gasteiger partial charge < -0.3 is 24.8 Å². The highest BCUT2D eigenvalue weighted by Gasteiger charge is 2.27. The predicted octanol–water partition coefficient (Wildman–Crippen LogP) is 4.30. The van der Waals surface area contributed by atoms with Gasteiger partial charge in [0.25, 0.3) is 5.91 Å². The smallest absolute Gasteiger partial charge is 0.261 e. The van der Waals surface area contributed by atoms with Gasteiger partial charge in [-0.05, 0) is 63.4 Å². The van der Waals surface area contributed by atoms with Gasteiger partial charge in [-0.1, -0.05) is 24.3 Å². The average Bonchev–Trinajstić information content (AvgIpc) is 3.33. The van der Waals surface area contributed by atoms with E-state index in [9.17, 15) is 9.59 Å². The predicted molar refractivity (Wildman–Crippen MR) is 141 cm³/mol. The van der Waals surface area contributed by atoms with Crippen LogP contribution in [0.25, 0.3) is 10.2 Å². The molecule has 1 heterocycles. The van der Waals surface area contributed by atoms with Gasteiger partial charge in [-0.15, -0.1) is 11.3 Å². The summed E-state index contributed by atoms with van der Waals surface area (Å²) in [5.41, 5.74) is 9.00. The van der Waals surface area contributed by atoms with Gasteiger partial charge in [-0.3, -0.25) is 9.59 Å². The number of primary amides is 1. The number of para-hydroxylation sites is 1. The molecule has 2 amide bonds. The maximum absolute atomic E-state index is 13.4. The second-order valence-corrected chi connectivity index (χ2v) is 9.74. The van der Waals surface area contributed by atoms with Gasteiger partial charge in [0.2, 0.25) is 5.91 Å². The summed E-state index contributed by atoms with van der Waals surface area (Å²) in [6.45, 7) is 8.81. The Morgan fingerprint density at radius 2 is 1.78 bits per heavy atom. The highest BCUT2D eigenvalue weighted by atomic mass is 32.1. The quantitative estimate of drug-likeness (QED) is 0.322. The fourth-order valence-corrected chi connectivity index (χ4v) is 4.44. The third-order valence-corrected chi connectivity index (χ3v) is 6.54. The number of hydrogen-bond donors (Lipinski definition) is 1. The third kappa shape index (κ3) is 7.49. The number of ether oxygens (including phenoxy) is 3. The average molecular weight is 514 g/mol. The van der Waals surface area contributed by atoms with E-state index in [2.05, 4.69) is 4.98 Å². The van der Waals surface area contributed by atoms with Gasteiger partial charge in [0, 0.05) is 26.2 Å². The molecule has 3 rings (SSSR count). The van der Waals surface area contributed by atoms with Crippen molar-refractivity contribution < 1.29 is 23.8 Å². The van der Waals surface area contributed by atoms with E-state index in [1.165, 1.54) is 0 Å². The van der Waals surface area contributed by atoms with Crippen molar-refractivity contribution in [2.24, 2.45) is 5.73 Å². The van der Waals surface area contributed by atoms with Crippen LogP contribution in [0.15, 0.2) is 48.0 Å². The molecular formula is C27H35N3O5S. The van der Waals surface area contributed by atoms with E-state index < -0.39 is 17.8 Å². The summed E-state index contributed by atoms with van der Waals surface area (Å²) in [5.74, 6) is 0.00738. The SMILES string of the molecule is CCOC(CN(Cc1cccc2scnc12)C(=O)CCc1ccc(OC(C)(C)C(N)=O)cc1)OCC. The molecule has 0 aliphatic heterocycles. The van der Waals surface area contributed by atoms with E-state index in [-0.39, 0.29) is 5.91 Å². The van der Waals surface area contributed by atoms with Gasteiger partial charge in [0.05, 0.1) is 22.3 Å². The highest BCUT2D eigenvalue weighted by molar-refractivity contribution is 7.16. The van der Waals surface area contributed by atoms with E-state index in [1.807, 2.05) is 49.7 Å². The minimum absolute atomic E-state index is 0.00169. The third-order valence-electron chi connectivity index (χ3n) is 5.75. The van der Waals surface area contributed by atoms with E-state index in [1.54, 1.807) is 42.2 Å². The van der Waals surface area contributed by atoms with Crippen LogP contribution in [0, 0.1) is 0 Å². The zero-order valence-electron chi connectivity index (χ0n) is 21.4. The Bertz CT molecular complexity index is 1140. The van der Waals surface area contributed by atoms with Gasteiger partial charge in [-0.25, -0.2) is 4.98 Å². The summed E-state index contributed by atoms with van der Waals surface area (Å²) in [6, 6.07) is 13.4. The molecule has 0 saturated carbocycles. The first kappa shape index (κ1) is 27.6. The molecule has 0 unspecified atom stereocenters. The van der Waals surface area contributed by atoms with E-state index in [4.69, 9.17) is 19.9 Å². The molecule has 0 atom stereocenters. The summed E-state index contributed by atoms with van der Waals surface area (Å²) in [5, 5.41) is 0. The number of amides is 2. The van der Waals surface area contributed by atoms with Crippen LogP contribution in [0.4, 0.5) is 0 Å². The summed E-state index contributed by atoms with van der Waals surface area (Å²) >= 11 is 1.58. The Kier molecular flexibility index (Phi) is 9.81. The molecule has 9 heteroatoms. The Balaban J connectivity index is 1.70. The minimum atomic E-state index is -1.10. The number of carbonyl (C=O) groups excluding carboxylic acids is 2. The van der Waals surface area contributed by atoms with Crippen molar-refractivity contribution in [3.8, 4) is 5.75 Å². The second-order valence-electron chi connectivity index (χ2n) is 8.85.